The van der Waals surface area contributed by atoms with E-state index >= 15 is 0 Å². The molecule has 0 spiro atoms. The van der Waals surface area contributed by atoms with Crippen LogP contribution in [0, 0.1) is 5.41 Å². The summed E-state index contributed by atoms with van der Waals surface area (Å²) in [5.41, 5.74) is 0.311. The third kappa shape index (κ3) is 5.04. The summed E-state index contributed by atoms with van der Waals surface area (Å²) in [6.45, 7) is 15.1. The van der Waals surface area contributed by atoms with Crippen LogP contribution in [0.25, 0.3) is 0 Å². The van der Waals surface area contributed by atoms with Crippen molar-refractivity contribution < 1.29 is 18.9 Å². The predicted molar refractivity (Wildman–Crippen MR) is 170 cm³/mol. The molecular formula is C35H44N2O4Si. The second-order valence-electron chi connectivity index (χ2n) is 12.5. The average Bonchev–Trinajstić information content (AvgIpc) is 2.99. The molecule has 4 rings (SSSR count). The molecular weight excluding hydrogens is 540 g/mol. The molecule has 0 aliphatic carbocycles. The number of likely N-dealkylation sites (tertiary alicyclic amines) is 1. The molecule has 2 atom stereocenters. The first-order valence-corrected chi connectivity index (χ1v) is 17.4. The molecule has 0 bridgehead atoms. The first-order valence-electron chi connectivity index (χ1n) is 14.5. The van der Waals surface area contributed by atoms with Crippen LogP contribution in [0.4, 0.5) is 0 Å². The van der Waals surface area contributed by atoms with Crippen molar-refractivity contribution in [2.24, 2.45) is 5.41 Å². The zero-order valence-electron chi connectivity index (χ0n) is 26.0. The molecule has 0 radical (unpaired) electrons. The highest BCUT2D eigenvalue weighted by molar-refractivity contribution is 6.74. The van der Waals surface area contributed by atoms with Crippen LogP contribution >= 0.6 is 0 Å². The Balaban J connectivity index is 2.04. The van der Waals surface area contributed by atoms with Crippen LogP contribution in [0.3, 0.4) is 0 Å². The van der Waals surface area contributed by atoms with Crippen molar-refractivity contribution in [2.75, 3.05) is 20.8 Å². The first-order chi connectivity index (χ1) is 19.9. The van der Waals surface area contributed by atoms with E-state index < -0.39 is 31.2 Å². The van der Waals surface area contributed by atoms with E-state index in [4.69, 9.17) is 9.26 Å². The lowest BCUT2D eigenvalue weighted by Gasteiger charge is -2.63. The number of β-lactam (4-membered cyclic amide) rings is 1. The number of amides is 2. The molecule has 222 valence electrons. The number of allylic oxidation sites excluding steroid dienone is 1. The molecule has 2 amide bonds. The summed E-state index contributed by atoms with van der Waals surface area (Å²) in [4.78, 5) is 36.4. The minimum absolute atomic E-state index is 0.0601. The number of carbonyl (C=O) groups excluding carboxylic acids is 2. The Bertz CT molecular complexity index is 1290. The number of hydrogen-bond acceptors (Lipinski definition) is 4. The van der Waals surface area contributed by atoms with Crippen molar-refractivity contribution in [2.45, 2.75) is 56.9 Å². The SMILES string of the molecule is C=CC[C@]1(C(=O)N(C)OC)C(=O)N(C(c2ccccc2)(c2ccccc2)c2ccccc2)[C@H]1CO[Si](C)(C)C(C)(C)C. The van der Waals surface area contributed by atoms with Crippen molar-refractivity contribution >= 4 is 20.1 Å². The fourth-order valence-corrected chi connectivity index (χ4v) is 6.86. The predicted octanol–water partition coefficient (Wildman–Crippen LogP) is 6.79. The summed E-state index contributed by atoms with van der Waals surface area (Å²) in [6.07, 6.45) is 1.82. The number of carbonyl (C=O) groups is 2. The smallest absolute Gasteiger partial charge is 0.264 e. The monoisotopic (exact) mass is 584 g/mol. The van der Waals surface area contributed by atoms with E-state index in [1.54, 1.807) is 13.1 Å². The number of benzene rings is 3. The van der Waals surface area contributed by atoms with Gasteiger partial charge in [-0.3, -0.25) is 14.4 Å². The highest BCUT2D eigenvalue weighted by Gasteiger charge is 2.71. The largest absolute Gasteiger partial charge is 0.415 e. The van der Waals surface area contributed by atoms with Crippen LogP contribution in [0.15, 0.2) is 104 Å². The lowest BCUT2D eigenvalue weighted by Crippen LogP contribution is -2.79. The van der Waals surface area contributed by atoms with Crippen LogP contribution in [-0.4, -0.2) is 56.9 Å². The van der Waals surface area contributed by atoms with E-state index in [0.29, 0.717) is 0 Å². The van der Waals surface area contributed by atoms with Gasteiger partial charge >= 0.3 is 0 Å². The number of hydrogen-bond donors (Lipinski definition) is 0. The van der Waals surface area contributed by atoms with E-state index in [1.165, 1.54) is 7.11 Å². The molecule has 0 aromatic heterocycles. The highest BCUT2D eigenvalue weighted by Crippen LogP contribution is 2.55. The minimum atomic E-state index is -2.27. The lowest BCUT2D eigenvalue weighted by atomic mass is 9.62. The quantitative estimate of drug-likeness (QED) is 0.0622. The van der Waals surface area contributed by atoms with Gasteiger partial charge in [0.25, 0.3) is 5.91 Å². The molecule has 42 heavy (non-hydrogen) atoms. The van der Waals surface area contributed by atoms with Gasteiger partial charge in [-0.25, -0.2) is 5.06 Å². The zero-order chi connectivity index (χ0) is 30.8. The summed E-state index contributed by atoms with van der Waals surface area (Å²) in [5.74, 6) is -0.685. The van der Waals surface area contributed by atoms with Crippen molar-refractivity contribution in [3.05, 3.63) is 120 Å². The molecule has 0 saturated carbocycles. The molecule has 3 aromatic carbocycles. The van der Waals surface area contributed by atoms with Crippen LogP contribution in [-0.2, 0) is 24.4 Å². The van der Waals surface area contributed by atoms with Gasteiger partial charge in [-0.2, -0.15) is 0 Å². The van der Waals surface area contributed by atoms with E-state index in [0.717, 1.165) is 21.8 Å². The Hall–Kier alpha value is -3.52. The van der Waals surface area contributed by atoms with Gasteiger partial charge in [-0.1, -0.05) is 118 Å². The maximum atomic E-state index is 15.0. The number of nitrogens with zero attached hydrogens (tertiary/aromatic N) is 2. The molecule has 3 aromatic rings. The maximum absolute atomic E-state index is 15.0. The second-order valence-corrected chi connectivity index (χ2v) is 17.3. The van der Waals surface area contributed by atoms with Crippen LogP contribution in [0.5, 0.6) is 0 Å². The van der Waals surface area contributed by atoms with Gasteiger partial charge in [-0.05, 0) is 41.2 Å². The molecule has 1 heterocycles. The highest BCUT2D eigenvalue weighted by atomic mass is 28.4. The molecule has 7 heteroatoms. The Morgan fingerprint density at radius 1 is 0.929 bits per heavy atom. The fourth-order valence-electron chi connectivity index (χ4n) is 5.85. The first kappa shape index (κ1) is 31.4. The fraction of sp³-hybridized carbons (Fsp3) is 0.371. The Kier molecular flexibility index (Phi) is 8.97. The van der Waals surface area contributed by atoms with Gasteiger partial charge in [0, 0.05) is 7.05 Å². The summed E-state index contributed by atoms with van der Waals surface area (Å²) in [6, 6.07) is 29.5. The molecule has 1 aliphatic rings. The average molecular weight is 585 g/mol. The Morgan fingerprint density at radius 2 is 1.36 bits per heavy atom. The topological polar surface area (TPSA) is 59.1 Å². The van der Waals surface area contributed by atoms with Crippen LogP contribution < -0.4 is 0 Å². The van der Waals surface area contributed by atoms with E-state index in [1.807, 2.05) is 59.5 Å². The van der Waals surface area contributed by atoms with Crippen molar-refractivity contribution in [1.29, 1.82) is 0 Å². The zero-order valence-corrected chi connectivity index (χ0v) is 27.0. The minimum Gasteiger partial charge on any atom is -0.415 e. The van der Waals surface area contributed by atoms with E-state index in [9.17, 15) is 9.59 Å². The lowest BCUT2D eigenvalue weighted by molar-refractivity contribution is -0.211. The molecule has 0 N–H and O–H groups in total. The molecule has 0 unspecified atom stereocenters. The van der Waals surface area contributed by atoms with Crippen LogP contribution in [0.2, 0.25) is 18.1 Å². The van der Waals surface area contributed by atoms with Crippen LogP contribution in [0.1, 0.15) is 43.9 Å². The molecule has 1 aliphatic heterocycles. The molecule has 1 saturated heterocycles. The van der Waals surface area contributed by atoms with Gasteiger partial charge in [-0.15, -0.1) is 6.58 Å². The van der Waals surface area contributed by atoms with Gasteiger partial charge in [0.15, 0.2) is 13.7 Å². The molecule has 6 nitrogen and oxygen atoms in total. The van der Waals surface area contributed by atoms with Gasteiger partial charge in [0.1, 0.15) is 5.54 Å². The van der Waals surface area contributed by atoms with Crippen molar-refractivity contribution in [3.8, 4) is 0 Å². The van der Waals surface area contributed by atoms with E-state index in [2.05, 4.69) is 76.8 Å². The van der Waals surface area contributed by atoms with Gasteiger partial charge < -0.3 is 9.33 Å². The third-order valence-electron chi connectivity index (χ3n) is 9.23. The normalized spacial score (nSPS) is 19.3. The van der Waals surface area contributed by atoms with E-state index in [-0.39, 0.29) is 24.0 Å². The maximum Gasteiger partial charge on any atom is 0.264 e. The van der Waals surface area contributed by atoms with Gasteiger partial charge in [0.2, 0.25) is 5.91 Å². The van der Waals surface area contributed by atoms with Gasteiger partial charge in [0.05, 0.1) is 19.8 Å². The summed E-state index contributed by atoms with van der Waals surface area (Å²) in [7, 11) is 0.709. The van der Waals surface area contributed by atoms with Crippen molar-refractivity contribution in [3.63, 3.8) is 0 Å². The molecule has 1 fully saturated rings. The third-order valence-corrected chi connectivity index (χ3v) is 13.7. The summed E-state index contributed by atoms with van der Waals surface area (Å²) in [5, 5.41) is 1.10. The number of rotatable bonds is 11. The Labute approximate surface area is 252 Å². The second kappa shape index (κ2) is 12.0. The summed E-state index contributed by atoms with van der Waals surface area (Å²) < 4.78 is 6.84. The standard InChI is InChI=1S/C35H44N2O4Si/c1-9-25-34(31(38)36(5)40-6)30(26-41-42(7,8)33(2,3)4)37(32(34)39)35(27-19-13-10-14-20-27,28-21-15-11-16-22-28)29-23-17-12-18-24-29/h9-24,30H,1,25-26H2,2-8H3/t30-,34-/m0/s1. The Morgan fingerprint density at radius 3 is 1.71 bits per heavy atom. The summed E-state index contributed by atoms with van der Waals surface area (Å²) >= 11 is 0. The number of hydroxylamine groups is 2. The van der Waals surface area contributed by atoms with Crippen molar-refractivity contribution in [1.82, 2.24) is 9.96 Å².